The molecule has 18 heavy (non-hydrogen) atoms. The van der Waals surface area contributed by atoms with Gasteiger partial charge in [0, 0.05) is 23.9 Å². The second-order valence-electron chi connectivity index (χ2n) is 4.22. The Hall–Kier alpha value is -2.24. The van der Waals surface area contributed by atoms with Crippen molar-refractivity contribution in [2.24, 2.45) is 5.92 Å². The van der Waals surface area contributed by atoms with E-state index in [-0.39, 0.29) is 11.8 Å². The highest BCUT2D eigenvalue weighted by Gasteiger charge is 2.09. The number of H-pyrrole nitrogens is 1. The third-order valence-electron chi connectivity index (χ3n) is 2.41. The van der Waals surface area contributed by atoms with Gasteiger partial charge < -0.3 is 5.32 Å². The van der Waals surface area contributed by atoms with Crippen LogP contribution in [0.1, 0.15) is 19.7 Å². The van der Waals surface area contributed by atoms with Crippen molar-refractivity contribution in [3.63, 3.8) is 0 Å². The molecule has 0 bridgehead atoms. The molecule has 94 valence electrons. The van der Waals surface area contributed by atoms with Gasteiger partial charge >= 0.3 is 0 Å². The van der Waals surface area contributed by atoms with Crippen molar-refractivity contribution in [1.29, 1.82) is 0 Å². The number of pyridine rings is 1. The van der Waals surface area contributed by atoms with Crippen LogP contribution in [0, 0.1) is 5.92 Å². The third-order valence-corrected chi connectivity index (χ3v) is 2.41. The smallest absolute Gasteiger partial charge is 0.222 e. The lowest BCUT2D eigenvalue weighted by Crippen LogP contribution is -2.27. The molecule has 0 atom stereocenters. The number of hydrogen-bond acceptors (Lipinski definition) is 4. The van der Waals surface area contributed by atoms with E-state index in [0.29, 0.717) is 18.2 Å². The minimum Gasteiger partial charge on any atom is -0.349 e. The summed E-state index contributed by atoms with van der Waals surface area (Å²) in [5.74, 6) is 1.17. The van der Waals surface area contributed by atoms with Gasteiger partial charge in [0.05, 0.1) is 6.54 Å². The zero-order chi connectivity index (χ0) is 13.0. The fraction of sp³-hybridized carbons (Fsp3) is 0.333. The molecule has 2 aromatic rings. The minimum absolute atomic E-state index is 0.00525. The second-order valence-corrected chi connectivity index (χ2v) is 4.22. The van der Waals surface area contributed by atoms with E-state index in [1.54, 1.807) is 12.4 Å². The molecule has 0 fully saturated rings. The first-order chi connectivity index (χ1) is 8.66. The number of nitrogens with zero attached hydrogens (tertiary/aromatic N) is 3. The number of carbonyl (C=O) groups is 1. The van der Waals surface area contributed by atoms with Gasteiger partial charge in [-0.05, 0) is 12.1 Å². The van der Waals surface area contributed by atoms with Crippen molar-refractivity contribution in [1.82, 2.24) is 25.5 Å². The Balaban J connectivity index is 2.01. The van der Waals surface area contributed by atoms with Crippen molar-refractivity contribution >= 4 is 5.91 Å². The summed E-state index contributed by atoms with van der Waals surface area (Å²) in [4.78, 5) is 19.7. The molecule has 2 aromatic heterocycles. The topological polar surface area (TPSA) is 83.6 Å². The number of aromatic nitrogens is 4. The summed E-state index contributed by atoms with van der Waals surface area (Å²) in [5, 5.41) is 9.65. The van der Waals surface area contributed by atoms with Crippen LogP contribution in [0.3, 0.4) is 0 Å². The fourth-order valence-corrected chi connectivity index (χ4v) is 1.37. The normalized spacial score (nSPS) is 10.6. The number of aromatic amines is 1. The van der Waals surface area contributed by atoms with Crippen molar-refractivity contribution < 1.29 is 4.79 Å². The Labute approximate surface area is 105 Å². The van der Waals surface area contributed by atoms with Crippen LogP contribution in [0.5, 0.6) is 0 Å². The van der Waals surface area contributed by atoms with Gasteiger partial charge in [0.1, 0.15) is 5.82 Å². The lowest BCUT2D eigenvalue weighted by Gasteiger charge is -2.04. The van der Waals surface area contributed by atoms with Crippen LogP contribution in [0.15, 0.2) is 24.5 Å². The number of rotatable bonds is 4. The number of amides is 1. The van der Waals surface area contributed by atoms with Gasteiger partial charge in [-0.2, -0.15) is 5.10 Å². The van der Waals surface area contributed by atoms with E-state index in [1.165, 1.54) is 0 Å². The molecule has 0 saturated carbocycles. The Morgan fingerprint density at radius 3 is 3.00 bits per heavy atom. The SMILES string of the molecule is CC(C)C(=O)NCc1nc(-c2cccnc2)n[nH]1. The van der Waals surface area contributed by atoms with Crippen LogP contribution in [-0.2, 0) is 11.3 Å². The highest BCUT2D eigenvalue weighted by molar-refractivity contribution is 5.77. The predicted molar refractivity (Wildman–Crippen MR) is 66.3 cm³/mol. The standard InChI is InChI=1S/C12H15N5O/c1-8(2)12(18)14-7-10-15-11(17-16-10)9-4-3-5-13-6-9/h3-6,8H,7H2,1-2H3,(H,14,18)(H,15,16,17). The summed E-state index contributed by atoms with van der Waals surface area (Å²) in [6, 6.07) is 3.71. The molecule has 0 aliphatic heterocycles. The van der Waals surface area contributed by atoms with E-state index < -0.39 is 0 Å². The third kappa shape index (κ3) is 2.91. The van der Waals surface area contributed by atoms with Crippen LogP contribution < -0.4 is 5.32 Å². The molecular formula is C12H15N5O. The maximum Gasteiger partial charge on any atom is 0.222 e. The van der Waals surface area contributed by atoms with Crippen molar-refractivity contribution in [2.45, 2.75) is 20.4 Å². The fourth-order valence-electron chi connectivity index (χ4n) is 1.37. The average molecular weight is 245 g/mol. The van der Waals surface area contributed by atoms with Crippen molar-refractivity contribution in [2.75, 3.05) is 0 Å². The number of nitrogens with one attached hydrogen (secondary N) is 2. The Bertz CT molecular complexity index is 520. The first-order valence-corrected chi connectivity index (χ1v) is 5.76. The zero-order valence-corrected chi connectivity index (χ0v) is 10.3. The maximum atomic E-state index is 11.4. The zero-order valence-electron chi connectivity index (χ0n) is 10.3. The molecule has 0 aliphatic rings. The molecular weight excluding hydrogens is 230 g/mol. The Kier molecular flexibility index (Phi) is 3.66. The van der Waals surface area contributed by atoms with Crippen LogP contribution in [0.25, 0.3) is 11.4 Å². The summed E-state index contributed by atoms with van der Waals surface area (Å²) < 4.78 is 0. The monoisotopic (exact) mass is 245 g/mol. The van der Waals surface area contributed by atoms with Crippen molar-refractivity contribution in [3.05, 3.63) is 30.4 Å². The van der Waals surface area contributed by atoms with E-state index in [9.17, 15) is 4.79 Å². The first kappa shape index (κ1) is 12.2. The van der Waals surface area contributed by atoms with Crippen LogP contribution in [-0.4, -0.2) is 26.1 Å². The van der Waals surface area contributed by atoms with Gasteiger partial charge in [0.2, 0.25) is 5.91 Å². The van der Waals surface area contributed by atoms with Gasteiger partial charge in [-0.25, -0.2) is 4.98 Å². The molecule has 6 nitrogen and oxygen atoms in total. The molecule has 1 amide bonds. The van der Waals surface area contributed by atoms with E-state index in [2.05, 4.69) is 25.5 Å². The summed E-state index contributed by atoms with van der Waals surface area (Å²) in [6.07, 6.45) is 3.39. The Morgan fingerprint density at radius 2 is 2.33 bits per heavy atom. The lowest BCUT2D eigenvalue weighted by molar-refractivity contribution is -0.124. The van der Waals surface area contributed by atoms with Gasteiger partial charge in [0.15, 0.2) is 5.82 Å². The van der Waals surface area contributed by atoms with Gasteiger partial charge in [-0.15, -0.1) is 0 Å². The summed E-state index contributed by atoms with van der Waals surface area (Å²) in [6.45, 7) is 4.04. The summed E-state index contributed by atoms with van der Waals surface area (Å²) in [7, 11) is 0. The van der Waals surface area contributed by atoms with Crippen LogP contribution >= 0.6 is 0 Å². The van der Waals surface area contributed by atoms with Gasteiger partial charge in [0.25, 0.3) is 0 Å². The summed E-state index contributed by atoms with van der Waals surface area (Å²) in [5.41, 5.74) is 0.843. The molecule has 0 aliphatic carbocycles. The van der Waals surface area contributed by atoms with Crippen LogP contribution in [0.2, 0.25) is 0 Å². The predicted octanol–water partition coefficient (Wildman–Crippen LogP) is 1.14. The van der Waals surface area contributed by atoms with E-state index in [1.807, 2.05) is 26.0 Å². The van der Waals surface area contributed by atoms with E-state index in [4.69, 9.17) is 0 Å². The Morgan fingerprint density at radius 1 is 1.50 bits per heavy atom. The quantitative estimate of drug-likeness (QED) is 0.846. The lowest BCUT2D eigenvalue weighted by atomic mass is 10.2. The van der Waals surface area contributed by atoms with E-state index >= 15 is 0 Å². The maximum absolute atomic E-state index is 11.4. The van der Waals surface area contributed by atoms with Crippen LogP contribution in [0.4, 0.5) is 0 Å². The van der Waals surface area contributed by atoms with Gasteiger partial charge in [-0.3, -0.25) is 14.9 Å². The molecule has 0 saturated heterocycles. The van der Waals surface area contributed by atoms with E-state index in [0.717, 1.165) is 5.56 Å². The minimum atomic E-state index is -0.0364. The first-order valence-electron chi connectivity index (χ1n) is 5.76. The molecule has 0 unspecified atom stereocenters. The van der Waals surface area contributed by atoms with Crippen molar-refractivity contribution in [3.8, 4) is 11.4 Å². The molecule has 2 N–H and O–H groups in total. The average Bonchev–Trinajstić information content (AvgIpc) is 2.85. The van der Waals surface area contributed by atoms with Gasteiger partial charge in [-0.1, -0.05) is 13.8 Å². The molecule has 0 spiro atoms. The second kappa shape index (κ2) is 5.39. The number of hydrogen-bond donors (Lipinski definition) is 2. The number of carbonyl (C=O) groups excluding carboxylic acids is 1. The molecule has 0 radical (unpaired) electrons. The largest absolute Gasteiger partial charge is 0.349 e. The highest BCUT2D eigenvalue weighted by atomic mass is 16.1. The highest BCUT2D eigenvalue weighted by Crippen LogP contribution is 2.11. The molecule has 0 aromatic carbocycles. The summed E-state index contributed by atoms with van der Waals surface area (Å²) >= 11 is 0. The molecule has 6 heteroatoms. The molecule has 2 heterocycles. The molecule has 2 rings (SSSR count).